The highest BCUT2D eigenvalue weighted by atomic mass is 16.2. The van der Waals surface area contributed by atoms with E-state index in [4.69, 9.17) is 5.11 Å². The lowest BCUT2D eigenvalue weighted by Crippen LogP contribution is -1.84. The van der Waals surface area contributed by atoms with Crippen LogP contribution in [0.4, 0.5) is 0 Å². The molecule has 0 atom stereocenters. The number of unbranched alkanes of at least 4 members (excludes halogenated alkanes) is 2. The highest BCUT2D eigenvalue weighted by molar-refractivity contribution is 5.78. The van der Waals surface area contributed by atoms with Gasteiger partial charge in [0.05, 0.1) is 6.61 Å². The molecule has 0 bridgehead atoms. The van der Waals surface area contributed by atoms with Gasteiger partial charge in [-0.25, -0.2) is 0 Å². The van der Waals surface area contributed by atoms with E-state index in [1.54, 1.807) is 6.08 Å². The van der Waals surface area contributed by atoms with E-state index in [1.165, 1.54) is 6.42 Å². The van der Waals surface area contributed by atoms with E-state index in [2.05, 4.69) is 18.8 Å². The molecule has 0 aliphatic rings. The Labute approximate surface area is 97.8 Å². The van der Waals surface area contributed by atoms with Crippen molar-refractivity contribution in [1.29, 1.82) is 0 Å². The molecule has 0 aliphatic heterocycles. The summed E-state index contributed by atoms with van der Waals surface area (Å²) in [5.74, 6) is 6.26. The number of benzene rings is 1. The third-order valence-corrected chi connectivity index (χ3v) is 2.26. The van der Waals surface area contributed by atoms with Gasteiger partial charge in [0, 0.05) is 12.0 Å². The summed E-state index contributed by atoms with van der Waals surface area (Å²) in [7, 11) is 0. The normalized spacial score (nSPS) is 10.8. The van der Waals surface area contributed by atoms with Crippen LogP contribution >= 0.6 is 0 Å². The molecule has 0 unspecified atom stereocenters. The van der Waals surface area contributed by atoms with Gasteiger partial charge in [0.15, 0.2) is 0 Å². The third-order valence-electron chi connectivity index (χ3n) is 2.26. The summed E-state index contributed by atoms with van der Waals surface area (Å²) in [5.41, 5.74) is 1.99. The van der Waals surface area contributed by atoms with E-state index in [0.29, 0.717) is 0 Å². The Morgan fingerprint density at radius 2 is 2.06 bits per heavy atom. The van der Waals surface area contributed by atoms with Crippen LogP contribution in [0, 0.1) is 11.8 Å². The van der Waals surface area contributed by atoms with E-state index in [0.717, 1.165) is 24.0 Å². The second-order valence-electron chi connectivity index (χ2n) is 3.57. The van der Waals surface area contributed by atoms with Crippen LogP contribution in [-0.2, 0) is 0 Å². The molecule has 1 aromatic carbocycles. The molecule has 1 aromatic rings. The van der Waals surface area contributed by atoms with Crippen LogP contribution in [0.2, 0.25) is 0 Å². The van der Waals surface area contributed by atoms with Crippen molar-refractivity contribution in [2.75, 3.05) is 6.61 Å². The highest BCUT2D eigenvalue weighted by Crippen LogP contribution is 2.12. The number of rotatable bonds is 4. The fourth-order valence-corrected chi connectivity index (χ4v) is 1.37. The minimum atomic E-state index is 0.0344. The smallest absolute Gasteiger partial charge is 0.0627 e. The number of hydrogen-bond acceptors (Lipinski definition) is 1. The standard InChI is InChI=1S/C15H18O/c1-2-3-4-6-11-15(12-13-16)14-9-7-5-8-10-14/h5,7-10,12,16H,2-4,13H2,1H3/b15-12+. The van der Waals surface area contributed by atoms with E-state index in [1.807, 2.05) is 30.3 Å². The van der Waals surface area contributed by atoms with Crippen molar-refractivity contribution in [3.63, 3.8) is 0 Å². The predicted octanol–water partition coefficient (Wildman–Crippen LogP) is 3.26. The fourth-order valence-electron chi connectivity index (χ4n) is 1.37. The minimum absolute atomic E-state index is 0.0344. The topological polar surface area (TPSA) is 20.2 Å². The molecule has 0 fully saturated rings. The molecular weight excluding hydrogens is 196 g/mol. The summed E-state index contributed by atoms with van der Waals surface area (Å²) in [6, 6.07) is 9.96. The molecule has 0 spiro atoms. The summed E-state index contributed by atoms with van der Waals surface area (Å²) in [4.78, 5) is 0. The van der Waals surface area contributed by atoms with Gasteiger partial charge in [-0.1, -0.05) is 55.5 Å². The average molecular weight is 214 g/mol. The maximum atomic E-state index is 8.96. The van der Waals surface area contributed by atoms with E-state index in [9.17, 15) is 0 Å². The van der Waals surface area contributed by atoms with Crippen molar-refractivity contribution in [2.45, 2.75) is 26.2 Å². The predicted molar refractivity (Wildman–Crippen MR) is 68.8 cm³/mol. The molecule has 0 radical (unpaired) electrons. The number of allylic oxidation sites excluding steroid dienone is 1. The maximum absolute atomic E-state index is 8.96. The van der Waals surface area contributed by atoms with E-state index < -0.39 is 0 Å². The third kappa shape index (κ3) is 4.33. The lowest BCUT2D eigenvalue weighted by Gasteiger charge is -1.98. The monoisotopic (exact) mass is 214 g/mol. The zero-order chi connectivity index (χ0) is 11.6. The molecule has 16 heavy (non-hydrogen) atoms. The largest absolute Gasteiger partial charge is 0.392 e. The minimum Gasteiger partial charge on any atom is -0.392 e. The Bertz CT molecular complexity index is 379. The van der Waals surface area contributed by atoms with Crippen LogP contribution in [0.5, 0.6) is 0 Å². The molecule has 1 nitrogen and oxygen atoms in total. The number of aliphatic hydroxyl groups is 1. The van der Waals surface area contributed by atoms with Crippen LogP contribution in [0.3, 0.4) is 0 Å². The second-order valence-corrected chi connectivity index (χ2v) is 3.57. The molecule has 84 valence electrons. The van der Waals surface area contributed by atoms with Crippen molar-refractivity contribution in [3.05, 3.63) is 42.0 Å². The highest BCUT2D eigenvalue weighted by Gasteiger charge is 1.95. The molecule has 0 heterocycles. The van der Waals surface area contributed by atoms with Gasteiger partial charge < -0.3 is 5.11 Å². The first-order chi connectivity index (χ1) is 7.88. The van der Waals surface area contributed by atoms with Crippen LogP contribution in [-0.4, -0.2) is 11.7 Å². The molecule has 1 N–H and O–H groups in total. The summed E-state index contributed by atoms with van der Waals surface area (Å²) >= 11 is 0. The van der Waals surface area contributed by atoms with Gasteiger partial charge in [0.25, 0.3) is 0 Å². The lowest BCUT2D eigenvalue weighted by molar-refractivity contribution is 0.343. The van der Waals surface area contributed by atoms with Gasteiger partial charge in [-0.2, -0.15) is 0 Å². The van der Waals surface area contributed by atoms with Gasteiger partial charge in [-0.15, -0.1) is 0 Å². The fraction of sp³-hybridized carbons (Fsp3) is 0.333. The lowest BCUT2D eigenvalue weighted by atomic mass is 10.1. The maximum Gasteiger partial charge on any atom is 0.0627 e. The zero-order valence-corrected chi connectivity index (χ0v) is 9.74. The van der Waals surface area contributed by atoms with Crippen LogP contribution in [0.15, 0.2) is 36.4 Å². The Morgan fingerprint density at radius 1 is 1.31 bits per heavy atom. The molecule has 0 saturated carbocycles. The van der Waals surface area contributed by atoms with E-state index in [-0.39, 0.29) is 6.61 Å². The summed E-state index contributed by atoms with van der Waals surface area (Å²) in [6.07, 6.45) is 4.98. The Hall–Kier alpha value is -1.52. The molecule has 0 aromatic heterocycles. The number of aliphatic hydroxyl groups excluding tert-OH is 1. The van der Waals surface area contributed by atoms with Crippen molar-refractivity contribution in [1.82, 2.24) is 0 Å². The van der Waals surface area contributed by atoms with E-state index >= 15 is 0 Å². The Kier molecular flexibility index (Phi) is 6.06. The van der Waals surface area contributed by atoms with Gasteiger partial charge in [-0.3, -0.25) is 0 Å². The van der Waals surface area contributed by atoms with Crippen molar-refractivity contribution in [3.8, 4) is 11.8 Å². The van der Waals surface area contributed by atoms with Crippen LogP contribution in [0.1, 0.15) is 31.7 Å². The molecule has 1 rings (SSSR count). The summed E-state index contributed by atoms with van der Waals surface area (Å²) < 4.78 is 0. The Balaban J connectivity index is 2.76. The first kappa shape index (κ1) is 12.5. The summed E-state index contributed by atoms with van der Waals surface area (Å²) in [5, 5.41) is 8.96. The molecule has 0 amide bonds. The molecular formula is C15H18O. The number of hydrogen-bond donors (Lipinski definition) is 1. The Morgan fingerprint density at radius 3 is 2.69 bits per heavy atom. The summed E-state index contributed by atoms with van der Waals surface area (Å²) in [6.45, 7) is 2.19. The molecule has 1 heteroatoms. The van der Waals surface area contributed by atoms with Crippen LogP contribution < -0.4 is 0 Å². The van der Waals surface area contributed by atoms with Gasteiger partial charge >= 0.3 is 0 Å². The molecule has 0 saturated heterocycles. The zero-order valence-electron chi connectivity index (χ0n) is 9.74. The first-order valence-corrected chi connectivity index (χ1v) is 5.73. The first-order valence-electron chi connectivity index (χ1n) is 5.73. The van der Waals surface area contributed by atoms with Gasteiger partial charge in [0.2, 0.25) is 0 Å². The second kappa shape index (κ2) is 7.73. The van der Waals surface area contributed by atoms with Crippen molar-refractivity contribution in [2.24, 2.45) is 0 Å². The van der Waals surface area contributed by atoms with Gasteiger partial charge in [0.1, 0.15) is 0 Å². The van der Waals surface area contributed by atoms with Crippen molar-refractivity contribution >= 4 is 5.57 Å². The molecule has 0 aliphatic carbocycles. The average Bonchev–Trinajstić information content (AvgIpc) is 2.34. The quantitative estimate of drug-likeness (QED) is 0.602. The van der Waals surface area contributed by atoms with Crippen LogP contribution in [0.25, 0.3) is 5.57 Å². The van der Waals surface area contributed by atoms with Gasteiger partial charge in [-0.05, 0) is 18.1 Å². The van der Waals surface area contributed by atoms with Crippen molar-refractivity contribution < 1.29 is 5.11 Å². The SMILES string of the molecule is CCCCC#C/C(=C\CO)c1ccccc1.